The summed E-state index contributed by atoms with van der Waals surface area (Å²) in [6, 6.07) is 7.88. The first-order valence-electron chi connectivity index (χ1n) is 12.5. The van der Waals surface area contributed by atoms with Gasteiger partial charge < -0.3 is 10.1 Å². The topological polar surface area (TPSA) is 89.3 Å². The summed E-state index contributed by atoms with van der Waals surface area (Å²) in [5.74, 6) is -0.450. The number of fused-ring (bicyclic) bond motifs is 3. The van der Waals surface area contributed by atoms with Gasteiger partial charge in [-0.3, -0.25) is 24.2 Å². The summed E-state index contributed by atoms with van der Waals surface area (Å²) < 4.78 is 8.92. The van der Waals surface area contributed by atoms with Crippen molar-refractivity contribution in [1.82, 2.24) is 25.0 Å². The number of rotatable bonds is 5. The summed E-state index contributed by atoms with van der Waals surface area (Å²) in [6.07, 6.45) is 3.67. The van der Waals surface area contributed by atoms with E-state index in [-0.39, 0.29) is 41.7 Å². The van der Waals surface area contributed by atoms with Crippen molar-refractivity contribution in [3.8, 4) is 11.1 Å². The molecule has 1 aliphatic carbocycles. The minimum Gasteiger partial charge on any atom is -0.374 e. The number of pyridine rings is 1. The van der Waals surface area contributed by atoms with Crippen molar-refractivity contribution in [1.29, 1.82) is 0 Å². The first kappa shape index (κ1) is 23.3. The number of hydrogen-bond donors (Lipinski definition) is 1. The van der Waals surface area contributed by atoms with Gasteiger partial charge in [0.25, 0.3) is 0 Å². The van der Waals surface area contributed by atoms with E-state index in [1.54, 1.807) is 17.5 Å². The number of piperidine rings is 1. The molecule has 190 valence electrons. The van der Waals surface area contributed by atoms with Gasteiger partial charge in [-0.1, -0.05) is 25.4 Å². The third-order valence-electron chi connectivity index (χ3n) is 8.04. The average Bonchev–Trinajstić information content (AvgIpc) is 3.23. The van der Waals surface area contributed by atoms with Crippen LogP contribution in [0.25, 0.3) is 32.2 Å². The van der Waals surface area contributed by atoms with Gasteiger partial charge in [0, 0.05) is 45.7 Å². The largest absolute Gasteiger partial charge is 0.374 e. The molecule has 3 atom stereocenters. The lowest BCUT2D eigenvalue weighted by Crippen LogP contribution is -2.40. The molecular weight excluding hydrogens is 510 g/mol. The molecule has 0 radical (unpaired) electrons. The summed E-state index contributed by atoms with van der Waals surface area (Å²) in [6.45, 7) is 7.25. The minimum absolute atomic E-state index is 0.0397. The standard InChI is InChI=1S/C27H26ClN5O3S/c1-27(2)21-22(27)26(35)32(25(21)34)13-17-9-20-24(37-17)18(3-4-30-20)19-8-15(28)7-14-10-31-33(23(14)19)12-16-11-29-5-6-36-16/h3-4,7-10,16,21-22,29H,5-6,11-13H2,1-2H3/t16-,21?,22?/m0/s1. The highest BCUT2D eigenvalue weighted by atomic mass is 35.5. The smallest absolute Gasteiger partial charge is 0.234 e. The molecule has 1 aromatic carbocycles. The SMILES string of the molecule is CC1(C)C2C(=O)N(Cc3cc4nccc(-c5cc(Cl)cc6cnn(C[C@@H]7CNCCO7)c56)c4s3)C(=O)C21. The number of likely N-dealkylation sites (tertiary alicyclic amines) is 1. The minimum atomic E-state index is -0.209. The number of carbonyl (C=O) groups is 2. The second kappa shape index (κ2) is 8.33. The highest BCUT2D eigenvalue weighted by molar-refractivity contribution is 7.19. The molecule has 4 aromatic rings. The van der Waals surface area contributed by atoms with E-state index in [1.165, 1.54) is 4.90 Å². The molecular formula is C27H26ClN5O3S. The van der Waals surface area contributed by atoms with Crippen molar-refractivity contribution in [2.45, 2.75) is 33.0 Å². The van der Waals surface area contributed by atoms with Crippen molar-refractivity contribution in [2.24, 2.45) is 17.3 Å². The van der Waals surface area contributed by atoms with Gasteiger partial charge in [-0.2, -0.15) is 5.10 Å². The monoisotopic (exact) mass is 535 g/mol. The number of hydrogen-bond acceptors (Lipinski definition) is 7. The zero-order chi connectivity index (χ0) is 25.5. The summed E-state index contributed by atoms with van der Waals surface area (Å²) >= 11 is 8.12. The Morgan fingerprint density at radius 2 is 2.00 bits per heavy atom. The Morgan fingerprint density at radius 1 is 1.19 bits per heavy atom. The van der Waals surface area contributed by atoms with Gasteiger partial charge in [0.2, 0.25) is 11.8 Å². The first-order valence-corrected chi connectivity index (χ1v) is 13.7. The van der Waals surface area contributed by atoms with Crippen LogP contribution < -0.4 is 5.32 Å². The van der Waals surface area contributed by atoms with Crippen LogP contribution in [0.1, 0.15) is 18.7 Å². The number of nitrogens with zero attached hydrogens (tertiary/aromatic N) is 4. The third-order valence-corrected chi connectivity index (χ3v) is 9.40. The van der Waals surface area contributed by atoms with Crippen molar-refractivity contribution in [2.75, 3.05) is 19.7 Å². The molecule has 37 heavy (non-hydrogen) atoms. The van der Waals surface area contributed by atoms with E-state index in [2.05, 4.69) is 15.4 Å². The van der Waals surface area contributed by atoms with E-state index in [1.807, 2.05) is 49.0 Å². The van der Waals surface area contributed by atoms with Crippen LogP contribution in [-0.2, 0) is 27.4 Å². The zero-order valence-corrected chi connectivity index (χ0v) is 22.1. The molecule has 7 rings (SSSR count). The molecule has 3 aromatic heterocycles. The Hall–Kier alpha value is -2.85. The Labute approximate surface area is 222 Å². The second-order valence-electron chi connectivity index (χ2n) is 10.7. The fourth-order valence-corrected chi connectivity index (χ4v) is 7.42. The highest BCUT2D eigenvalue weighted by Crippen LogP contribution is 2.63. The zero-order valence-electron chi connectivity index (χ0n) is 20.5. The third kappa shape index (κ3) is 3.63. The first-order chi connectivity index (χ1) is 17.8. The maximum absolute atomic E-state index is 12.9. The van der Waals surface area contributed by atoms with Gasteiger partial charge in [-0.05, 0) is 29.7 Å². The number of amides is 2. The molecule has 0 bridgehead atoms. The van der Waals surface area contributed by atoms with Crippen LogP contribution in [0.3, 0.4) is 0 Å². The van der Waals surface area contributed by atoms with E-state index >= 15 is 0 Å². The van der Waals surface area contributed by atoms with Gasteiger partial charge in [-0.15, -0.1) is 11.3 Å². The average molecular weight is 536 g/mol. The number of thiophene rings is 1. The number of benzene rings is 1. The van der Waals surface area contributed by atoms with Crippen LogP contribution in [0.15, 0.2) is 36.7 Å². The Bertz CT molecular complexity index is 1560. The number of imide groups is 1. The van der Waals surface area contributed by atoms with E-state index < -0.39 is 0 Å². The van der Waals surface area contributed by atoms with Gasteiger partial charge in [0.05, 0.1) is 59.6 Å². The molecule has 2 aliphatic heterocycles. The Kier molecular flexibility index (Phi) is 5.24. The molecule has 2 unspecified atom stereocenters. The summed E-state index contributed by atoms with van der Waals surface area (Å²) in [5, 5.41) is 9.64. The second-order valence-corrected chi connectivity index (χ2v) is 12.3. The normalized spacial score (nSPS) is 24.8. The molecule has 3 aliphatic rings. The molecule has 2 amide bonds. The van der Waals surface area contributed by atoms with Gasteiger partial charge >= 0.3 is 0 Å². The van der Waals surface area contributed by atoms with Crippen LogP contribution in [0, 0.1) is 17.3 Å². The molecule has 3 fully saturated rings. The number of nitrogens with one attached hydrogen (secondary N) is 1. The van der Waals surface area contributed by atoms with Crippen LogP contribution in [0.4, 0.5) is 0 Å². The molecule has 1 N–H and O–H groups in total. The van der Waals surface area contributed by atoms with Crippen molar-refractivity contribution in [3.05, 3.63) is 46.6 Å². The predicted molar refractivity (Wildman–Crippen MR) is 142 cm³/mol. The maximum atomic E-state index is 12.9. The van der Waals surface area contributed by atoms with Crippen LogP contribution >= 0.6 is 22.9 Å². The molecule has 10 heteroatoms. The summed E-state index contributed by atoms with van der Waals surface area (Å²) in [5.41, 5.74) is 3.59. The van der Waals surface area contributed by atoms with Gasteiger partial charge in [-0.25, -0.2) is 0 Å². The van der Waals surface area contributed by atoms with E-state index in [9.17, 15) is 9.59 Å². The van der Waals surface area contributed by atoms with E-state index in [4.69, 9.17) is 16.3 Å². The number of morpholine rings is 1. The predicted octanol–water partition coefficient (Wildman–Crippen LogP) is 4.10. The molecule has 0 spiro atoms. The van der Waals surface area contributed by atoms with E-state index in [0.29, 0.717) is 18.2 Å². The number of halogens is 1. The Morgan fingerprint density at radius 3 is 2.76 bits per heavy atom. The molecule has 1 saturated carbocycles. The molecule has 5 heterocycles. The fraction of sp³-hybridized carbons (Fsp3) is 0.407. The van der Waals surface area contributed by atoms with Gasteiger partial charge in [0.15, 0.2) is 0 Å². The maximum Gasteiger partial charge on any atom is 0.234 e. The summed E-state index contributed by atoms with van der Waals surface area (Å²) in [4.78, 5) is 32.7. The van der Waals surface area contributed by atoms with Crippen LogP contribution in [0.5, 0.6) is 0 Å². The highest BCUT2D eigenvalue weighted by Gasteiger charge is 2.72. The van der Waals surface area contributed by atoms with Crippen molar-refractivity contribution in [3.63, 3.8) is 0 Å². The van der Waals surface area contributed by atoms with Crippen LogP contribution in [0.2, 0.25) is 5.02 Å². The number of ether oxygens (including phenoxy) is 1. The molecule has 2 saturated heterocycles. The van der Waals surface area contributed by atoms with Crippen molar-refractivity contribution >= 4 is 55.9 Å². The fourth-order valence-electron chi connectivity index (χ4n) is 6.06. The lowest BCUT2D eigenvalue weighted by molar-refractivity contribution is -0.143. The van der Waals surface area contributed by atoms with Crippen molar-refractivity contribution < 1.29 is 14.3 Å². The lowest BCUT2D eigenvalue weighted by atomic mass is 10.0. The Balaban J connectivity index is 1.27. The molecule has 8 nitrogen and oxygen atoms in total. The number of aromatic nitrogens is 3. The van der Waals surface area contributed by atoms with Crippen LogP contribution in [-0.4, -0.2) is 57.3 Å². The van der Waals surface area contributed by atoms with Gasteiger partial charge in [0.1, 0.15) is 0 Å². The number of carbonyl (C=O) groups excluding carboxylic acids is 2. The summed E-state index contributed by atoms with van der Waals surface area (Å²) in [7, 11) is 0. The lowest BCUT2D eigenvalue weighted by Gasteiger charge is -2.24. The van der Waals surface area contributed by atoms with E-state index in [0.717, 1.165) is 50.2 Å². The quantitative estimate of drug-likeness (QED) is 0.387.